The number of hydrogen-bond donors (Lipinski definition) is 1. The molecule has 8 heteroatoms. The molecule has 0 saturated carbocycles. The van der Waals surface area contributed by atoms with Crippen molar-refractivity contribution in [2.24, 2.45) is 0 Å². The Balaban J connectivity index is 2.13. The fraction of sp³-hybridized carbons (Fsp3) is 0.444. The normalized spacial score (nSPS) is 22.6. The van der Waals surface area contributed by atoms with Crippen LogP contribution in [-0.4, -0.2) is 51.7 Å². The number of carbonyl (C=O) groups excluding carboxylic acids is 1. The number of nitrogens with zero attached hydrogens (tertiary/aromatic N) is 2. The maximum Gasteiger partial charge on any atom is 0.232 e. The number of rotatable bonds is 4. The number of allylic oxidation sites excluding steroid dienone is 1. The summed E-state index contributed by atoms with van der Waals surface area (Å²) in [5, 5.41) is 10.6. The third-order valence-corrected chi connectivity index (χ3v) is 5.97. The van der Waals surface area contributed by atoms with Crippen LogP contribution in [0.2, 0.25) is 0 Å². The van der Waals surface area contributed by atoms with Gasteiger partial charge in [0.05, 0.1) is 40.0 Å². The van der Waals surface area contributed by atoms with Gasteiger partial charge in [0.15, 0.2) is 18.2 Å². The van der Waals surface area contributed by atoms with Crippen molar-refractivity contribution in [1.82, 2.24) is 4.90 Å². The second kappa shape index (κ2) is 7.48. The van der Waals surface area contributed by atoms with E-state index in [9.17, 15) is 10.1 Å². The van der Waals surface area contributed by atoms with Gasteiger partial charge in [-0.25, -0.2) is 0 Å². The Morgan fingerprint density at radius 2 is 1.85 bits per heavy atom. The molecule has 3 rings (SSSR count). The fourth-order valence-corrected chi connectivity index (χ4v) is 4.47. The van der Waals surface area contributed by atoms with Crippen molar-refractivity contribution in [2.75, 3.05) is 40.9 Å². The average molecular weight is 376 g/mol. The van der Waals surface area contributed by atoms with Crippen LogP contribution in [-0.2, 0) is 4.79 Å². The van der Waals surface area contributed by atoms with Crippen LogP contribution < -0.4 is 19.1 Å². The zero-order valence-electron chi connectivity index (χ0n) is 15.3. The van der Waals surface area contributed by atoms with E-state index in [0.29, 0.717) is 29.5 Å². The van der Waals surface area contributed by atoms with Gasteiger partial charge < -0.3 is 19.1 Å². The van der Waals surface area contributed by atoms with Gasteiger partial charge in [-0.05, 0) is 17.8 Å². The number of amides is 1. The van der Waals surface area contributed by atoms with Crippen LogP contribution in [0.4, 0.5) is 0 Å². The standard InChI is InChI=1S/C18H21N3O4S/c1-20-9-21-17(22)6-11(13(8-19)18(21)26-10-20)12-5-15(24-3)16(25-4)7-14(12)23-2/h5,7,11H,6,9-10H2,1-4H3/p+1/t11-/m0/s1. The third kappa shape index (κ3) is 3.08. The second-order valence-corrected chi connectivity index (χ2v) is 7.23. The van der Waals surface area contributed by atoms with Crippen molar-refractivity contribution in [3.63, 3.8) is 0 Å². The highest BCUT2D eigenvalue weighted by molar-refractivity contribution is 8.02. The molecule has 138 valence electrons. The molecule has 2 aliphatic heterocycles. The van der Waals surface area contributed by atoms with Crippen LogP contribution in [0, 0.1) is 11.3 Å². The topological polar surface area (TPSA) is 76.2 Å². The Morgan fingerprint density at radius 3 is 2.46 bits per heavy atom. The second-order valence-electron chi connectivity index (χ2n) is 6.26. The minimum Gasteiger partial charge on any atom is -0.496 e. The van der Waals surface area contributed by atoms with E-state index in [-0.39, 0.29) is 18.2 Å². The molecule has 26 heavy (non-hydrogen) atoms. The molecule has 1 aromatic carbocycles. The summed E-state index contributed by atoms with van der Waals surface area (Å²) in [6.07, 6.45) is 0.228. The first kappa shape index (κ1) is 18.4. The molecule has 1 aromatic rings. The molecular formula is C18H22N3O4S+. The number of nitrogens with one attached hydrogen (secondary N) is 1. The zero-order valence-corrected chi connectivity index (χ0v) is 16.1. The molecule has 0 aliphatic carbocycles. The lowest BCUT2D eigenvalue weighted by atomic mass is 9.85. The van der Waals surface area contributed by atoms with Crippen LogP contribution in [0.15, 0.2) is 22.7 Å². The Labute approximate surface area is 157 Å². The zero-order chi connectivity index (χ0) is 18.8. The maximum atomic E-state index is 12.8. The Morgan fingerprint density at radius 1 is 1.19 bits per heavy atom. The highest BCUT2D eigenvalue weighted by atomic mass is 32.2. The number of carbonyl (C=O) groups is 1. The SMILES string of the molecule is COc1cc(OC)c([C@@H]2CC(=O)N3C[NH+](C)CSC3=C2C#N)cc1OC. The van der Waals surface area contributed by atoms with Crippen molar-refractivity contribution >= 4 is 17.7 Å². The smallest absolute Gasteiger partial charge is 0.232 e. The van der Waals surface area contributed by atoms with E-state index >= 15 is 0 Å². The fourth-order valence-electron chi connectivity index (χ4n) is 3.33. The third-order valence-electron chi connectivity index (χ3n) is 4.62. The van der Waals surface area contributed by atoms with Gasteiger partial charge in [-0.2, -0.15) is 5.26 Å². The lowest BCUT2D eigenvalue weighted by Gasteiger charge is -2.38. The summed E-state index contributed by atoms with van der Waals surface area (Å²) in [5.41, 5.74) is 1.36. The lowest BCUT2D eigenvalue weighted by molar-refractivity contribution is -0.876. The maximum absolute atomic E-state index is 12.8. The largest absolute Gasteiger partial charge is 0.496 e. The Kier molecular flexibility index (Phi) is 5.30. The van der Waals surface area contributed by atoms with Crippen LogP contribution >= 0.6 is 11.8 Å². The molecule has 1 amide bonds. The van der Waals surface area contributed by atoms with Crippen LogP contribution in [0.3, 0.4) is 0 Å². The highest BCUT2D eigenvalue weighted by Crippen LogP contribution is 2.46. The van der Waals surface area contributed by atoms with E-state index in [0.717, 1.165) is 16.5 Å². The molecule has 1 unspecified atom stereocenters. The first-order valence-corrected chi connectivity index (χ1v) is 9.21. The van der Waals surface area contributed by atoms with Crippen LogP contribution in [0.25, 0.3) is 0 Å². The van der Waals surface area contributed by atoms with E-state index in [4.69, 9.17) is 14.2 Å². The molecule has 7 nitrogen and oxygen atoms in total. The van der Waals surface area contributed by atoms with Gasteiger partial charge in [0, 0.05) is 24.0 Å². The number of fused-ring (bicyclic) bond motifs is 1. The van der Waals surface area contributed by atoms with Gasteiger partial charge >= 0.3 is 0 Å². The first-order chi connectivity index (χ1) is 12.5. The number of benzene rings is 1. The molecule has 1 N–H and O–H groups in total. The van der Waals surface area contributed by atoms with Gasteiger partial charge in [-0.15, -0.1) is 0 Å². The predicted molar refractivity (Wildman–Crippen MR) is 97.2 cm³/mol. The van der Waals surface area contributed by atoms with E-state index < -0.39 is 0 Å². The van der Waals surface area contributed by atoms with Gasteiger partial charge in [-0.3, -0.25) is 9.69 Å². The number of methoxy groups -OCH3 is 3. The minimum atomic E-state index is -0.362. The summed E-state index contributed by atoms with van der Waals surface area (Å²) >= 11 is 1.55. The summed E-state index contributed by atoms with van der Waals surface area (Å²) < 4.78 is 16.2. The summed E-state index contributed by atoms with van der Waals surface area (Å²) in [6, 6.07) is 5.86. The molecule has 0 aromatic heterocycles. The monoisotopic (exact) mass is 376 g/mol. The van der Waals surface area contributed by atoms with Gasteiger partial charge in [-0.1, -0.05) is 0 Å². The number of nitriles is 1. The number of thioether (sulfide) groups is 1. The first-order valence-electron chi connectivity index (χ1n) is 8.22. The van der Waals surface area contributed by atoms with Gasteiger partial charge in [0.25, 0.3) is 0 Å². The summed E-state index contributed by atoms with van der Waals surface area (Å²) in [7, 11) is 6.71. The van der Waals surface area contributed by atoms with Crippen LogP contribution in [0.1, 0.15) is 17.9 Å². The van der Waals surface area contributed by atoms with E-state index in [2.05, 4.69) is 6.07 Å². The van der Waals surface area contributed by atoms with E-state index in [1.807, 2.05) is 7.05 Å². The minimum absolute atomic E-state index is 0.0207. The van der Waals surface area contributed by atoms with Crippen molar-refractivity contribution in [1.29, 1.82) is 5.26 Å². The quantitative estimate of drug-likeness (QED) is 0.843. The van der Waals surface area contributed by atoms with E-state index in [1.165, 1.54) is 4.90 Å². The molecular weight excluding hydrogens is 354 g/mol. The molecule has 0 radical (unpaired) electrons. The summed E-state index contributed by atoms with van der Waals surface area (Å²) in [4.78, 5) is 15.7. The highest BCUT2D eigenvalue weighted by Gasteiger charge is 2.40. The van der Waals surface area contributed by atoms with Crippen molar-refractivity contribution in [3.8, 4) is 23.3 Å². The van der Waals surface area contributed by atoms with Crippen LogP contribution in [0.5, 0.6) is 17.2 Å². The molecule has 2 atom stereocenters. The van der Waals surface area contributed by atoms with Crippen molar-refractivity contribution < 1.29 is 23.9 Å². The molecule has 2 heterocycles. The van der Waals surface area contributed by atoms with Gasteiger partial charge in [0.2, 0.25) is 5.91 Å². The average Bonchev–Trinajstić information content (AvgIpc) is 2.67. The number of ether oxygens (including phenoxy) is 3. The number of quaternary nitrogens is 1. The molecule has 1 saturated heterocycles. The molecule has 0 bridgehead atoms. The Bertz CT molecular complexity index is 802. The molecule has 2 aliphatic rings. The van der Waals surface area contributed by atoms with Crippen molar-refractivity contribution in [2.45, 2.75) is 12.3 Å². The lowest BCUT2D eigenvalue weighted by Crippen LogP contribution is -3.11. The van der Waals surface area contributed by atoms with Gasteiger partial charge in [0.1, 0.15) is 16.7 Å². The van der Waals surface area contributed by atoms with E-state index in [1.54, 1.807) is 50.1 Å². The summed E-state index contributed by atoms with van der Waals surface area (Å²) in [5.74, 6) is 2.14. The summed E-state index contributed by atoms with van der Waals surface area (Å²) in [6.45, 7) is 0.585. The number of hydrogen-bond acceptors (Lipinski definition) is 6. The Hall–Kier alpha value is -2.37. The molecule has 1 fully saturated rings. The van der Waals surface area contributed by atoms with Crippen molar-refractivity contribution in [3.05, 3.63) is 28.3 Å². The predicted octanol–water partition coefficient (Wildman–Crippen LogP) is 0.940. The molecule has 0 spiro atoms.